The molecule has 1 rings (SSSR count). The average molecular weight is 274 g/mol. The molecule has 0 unspecified atom stereocenters. The number of aromatic nitrogens is 2. The Morgan fingerprint density at radius 1 is 1.56 bits per heavy atom. The molecule has 0 spiro atoms. The van der Waals surface area contributed by atoms with Gasteiger partial charge in [-0.1, -0.05) is 13.3 Å². The van der Waals surface area contributed by atoms with Gasteiger partial charge in [-0.05, 0) is 13.3 Å². The molecule has 0 saturated heterocycles. The van der Waals surface area contributed by atoms with Gasteiger partial charge >= 0.3 is 0 Å². The number of nitrogens with one attached hydrogen (secondary N) is 1. The van der Waals surface area contributed by atoms with Crippen molar-refractivity contribution < 1.29 is 13.2 Å². The van der Waals surface area contributed by atoms with Gasteiger partial charge in [-0.2, -0.15) is 4.31 Å². The number of hydrogen-bond donors (Lipinski definition) is 2. The van der Waals surface area contributed by atoms with Crippen molar-refractivity contribution in [2.75, 3.05) is 13.1 Å². The van der Waals surface area contributed by atoms with E-state index in [0.29, 0.717) is 12.2 Å². The second-order valence-corrected chi connectivity index (χ2v) is 5.90. The van der Waals surface area contributed by atoms with Crippen molar-refractivity contribution in [3.63, 3.8) is 0 Å². The normalized spacial score (nSPS) is 11.9. The Balaban J connectivity index is 2.98. The first kappa shape index (κ1) is 14.7. The van der Waals surface area contributed by atoms with E-state index in [2.05, 4.69) is 9.97 Å². The fraction of sp³-hybridized carbons (Fsp3) is 0.600. The molecule has 0 fully saturated rings. The number of H-pyrrole nitrogens is 1. The number of hydrogen-bond acceptors (Lipinski definition) is 4. The van der Waals surface area contributed by atoms with Gasteiger partial charge in [-0.15, -0.1) is 0 Å². The van der Waals surface area contributed by atoms with Crippen LogP contribution in [-0.4, -0.2) is 41.7 Å². The molecule has 8 heteroatoms. The van der Waals surface area contributed by atoms with Crippen LogP contribution in [0.1, 0.15) is 25.6 Å². The third-order valence-corrected chi connectivity index (χ3v) is 4.15. The third-order valence-electron chi connectivity index (χ3n) is 2.39. The minimum absolute atomic E-state index is 0.0163. The Labute approximate surface area is 106 Å². The standard InChI is InChI=1S/C10H18N4O3S/c1-3-4-5-14(7-9(11)15)18(16,17)10-6-12-8(2)13-10/h6H,3-5,7H2,1-2H3,(H2,11,15)(H,12,13). The molecule has 0 radical (unpaired) electrons. The van der Waals surface area contributed by atoms with E-state index in [-0.39, 0.29) is 18.1 Å². The molecule has 1 heterocycles. The van der Waals surface area contributed by atoms with Gasteiger partial charge in [0.25, 0.3) is 10.0 Å². The summed E-state index contributed by atoms with van der Waals surface area (Å²) in [5, 5.41) is -0.0163. The number of imidazole rings is 1. The maximum absolute atomic E-state index is 12.2. The van der Waals surface area contributed by atoms with E-state index in [4.69, 9.17) is 5.73 Å². The summed E-state index contributed by atoms with van der Waals surface area (Å²) in [7, 11) is -3.73. The Morgan fingerprint density at radius 3 is 2.67 bits per heavy atom. The largest absolute Gasteiger partial charge is 0.369 e. The van der Waals surface area contributed by atoms with Gasteiger partial charge in [-0.3, -0.25) is 4.79 Å². The smallest absolute Gasteiger partial charge is 0.260 e. The summed E-state index contributed by atoms with van der Waals surface area (Å²) < 4.78 is 25.5. The van der Waals surface area contributed by atoms with Crippen molar-refractivity contribution >= 4 is 15.9 Å². The molecule has 7 nitrogen and oxygen atoms in total. The van der Waals surface area contributed by atoms with Gasteiger partial charge < -0.3 is 10.7 Å². The molecule has 0 aliphatic heterocycles. The Morgan fingerprint density at radius 2 is 2.22 bits per heavy atom. The second-order valence-electron chi connectivity index (χ2n) is 3.99. The fourth-order valence-corrected chi connectivity index (χ4v) is 2.87. The number of rotatable bonds is 7. The third kappa shape index (κ3) is 3.54. The molecular formula is C10H18N4O3S. The van der Waals surface area contributed by atoms with Crippen molar-refractivity contribution in [3.8, 4) is 0 Å². The molecular weight excluding hydrogens is 256 g/mol. The lowest BCUT2D eigenvalue weighted by molar-refractivity contribution is -0.118. The van der Waals surface area contributed by atoms with Crippen LogP contribution in [0.3, 0.4) is 0 Å². The number of nitrogens with zero attached hydrogens (tertiary/aromatic N) is 2. The highest BCUT2D eigenvalue weighted by Gasteiger charge is 2.26. The highest BCUT2D eigenvalue weighted by molar-refractivity contribution is 7.89. The molecule has 1 amide bonds. The molecule has 1 aromatic heterocycles. The quantitative estimate of drug-likeness (QED) is 0.729. The van der Waals surface area contributed by atoms with Gasteiger partial charge in [0.05, 0.1) is 12.7 Å². The summed E-state index contributed by atoms with van der Waals surface area (Å²) in [5.41, 5.74) is 5.07. The van der Waals surface area contributed by atoms with E-state index in [0.717, 1.165) is 10.7 Å². The maximum Gasteiger partial charge on any atom is 0.260 e. The summed E-state index contributed by atoms with van der Waals surface area (Å²) in [6, 6.07) is 0. The Bertz CT molecular complexity index is 509. The number of unbranched alkanes of at least 4 members (excludes halogenated alkanes) is 1. The zero-order valence-corrected chi connectivity index (χ0v) is 11.3. The molecule has 0 aliphatic carbocycles. The summed E-state index contributed by atoms with van der Waals surface area (Å²) in [5.74, 6) is -0.172. The lowest BCUT2D eigenvalue weighted by atomic mass is 10.3. The zero-order valence-electron chi connectivity index (χ0n) is 10.5. The topological polar surface area (TPSA) is 109 Å². The van der Waals surface area contributed by atoms with Crippen LogP contribution >= 0.6 is 0 Å². The number of sulfonamides is 1. The monoisotopic (exact) mass is 274 g/mol. The number of aromatic amines is 1. The number of carbonyl (C=O) groups is 1. The van der Waals surface area contributed by atoms with E-state index >= 15 is 0 Å². The SMILES string of the molecule is CCCCN(CC(N)=O)S(=O)(=O)c1cnc(C)[nH]1. The second kappa shape index (κ2) is 5.96. The minimum Gasteiger partial charge on any atom is -0.369 e. The molecule has 0 atom stereocenters. The summed E-state index contributed by atoms with van der Waals surface area (Å²) in [6.07, 6.45) is 2.73. The molecule has 0 aliphatic rings. The van der Waals surface area contributed by atoms with Crippen molar-refractivity contribution in [1.82, 2.24) is 14.3 Å². The molecule has 102 valence electrons. The first-order valence-corrected chi connectivity index (χ1v) is 7.12. The van der Waals surface area contributed by atoms with E-state index in [9.17, 15) is 13.2 Å². The lowest BCUT2D eigenvalue weighted by Crippen LogP contribution is -2.39. The number of nitrogens with two attached hydrogens (primary N) is 1. The van der Waals surface area contributed by atoms with Crippen LogP contribution in [0.25, 0.3) is 0 Å². The van der Waals surface area contributed by atoms with Gasteiger partial charge in [0, 0.05) is 6.54 Å². The summed E-state index contributed by atoms with van der Waals surface area (Å²) >= 11 is 0. The van der Waals surface area contributed by atoms with Crippen LogP contribution in [0.4, 0.5) is 0 Å². The van der Waals surface area contributed by atoms with Crippen LogP contribution in [0, 0.1) is 6.92 Å². The van der Waals surface area contributed by atoms with Crippen LogP contribution in [0.2, 0.25) is 0 Å². The van der Waals surface area contributed by atoms with Crippen LogP contribution in [-0.2, 0) is 14.8 Å². The van der Waals surface area contributed by atoms with Gasteiger partial charge in [0.15, 0.2) is 5.03 Å². The van der Waals surface area contributed by atoms with Gasteiger partial charge in [0.2, 0.25) is 5.91 Å². The number of carbonyl (C=O) groups excluding carboxylic acids is 1. The van der Waals surface area contributed by atoms with Crippen LogP contribution in [0.15, 0.2) is 11.2 Å². The summed E-state index contributed by atoms with van der Waals surface area (Å²) in [4.78, 5) is 17.4. The Kier molecular flexibility index (Phi) is 4.85. The van der Waals surface area contributed by atoms with E-state index in [1.807, 2.05) is 6.92 Å². The van der Waals surface area contributed by atoms with Crippen molar-refractivity contribution in [3.05, 3.63) is 12.0 Å². The van der Waals surface area contributed by atoms with Crippen LogP contribution < -0.4 is 5.73 Å². The average Bonchev–Trinajstić information content (AvgIpc) is 2.71. The first-order chi connectivity index (χ1) is 8.37. The van der Waals surface area contributed by atoms with Crippen molar-refractivity contribution in [2.45, 2.75) is 31.7 Å². The zero-order chi connectivity index (χ0) is 13.8. The molecule has 18 heavy (non-hydrogen) atoms. The van der Waals surface area contributed by atoms with E-state index < -0.39 is 15.9 Å². The van der Waals surface area contributed by atoms with Gasteiger partial charge in [-0.25, -0.2) is 13.4 Å². The lowest BCUT2D eigenvalue weighted by Gasteiger charge is -2.19. The number of aryl methyl sites for hydroxylation is 1. The summed E-state index contributed by atoms with van der Waals surface area (Å²) in [6.45, 7) is 3.54. The highest BCUT2D eigenvalue weighted by Crippen LogP contribution is 2.13. The highest BCUT2D eigenvalue weighted by atomic mass is 32.2. The molecule has 0 bridgehead atoms. The molecule has 0 aromatic carbocycles. The molecule has 0 saturated carbocycles. The number of amides is 1. The van der Waals surface area contributed by atoms with E-state index in [1.165, 1.54) is 6.20 Å². The predicted octanol–water partition coefficient (Wildman–Crippen LogP) is -0.00578. The first-order valence-electron chi connectivity index (χ1n) is 5.68. The van der Waals surface area contributed by atoms with Crippen LogP contribution in [0.5, 0.6) is 0 Å². The van der Waals surface area contributed by atoms with Crippen molar-refractivity contribution in [2.24, 2.45) is 5.73 Å². The van der Waals surface area contributed by atoms with Crippen molar-refractivity contribution in [1.29, 1.82) is 0 Å². The van der Waals surface area contributed by atoms with E-state index in [1.54, 1.807) is 6.92 Å². The minimum atomic E-state index is -3.73. The molecule has 3 N–H and O–H groups in total. The Hall–Kier alpha value is -1.41. The fourth-order valence-electron chi connectivity index (χ4n) is 1.46. The maximum atomic E-state index is 12.2. The van der Waals surface area contributed by atoms with Gasteiger partial charge in [0.1, 0.15) is 5.82 Å². The predicted molar refractivity (Wildman–Crippen MR) is 66.2 cm³/mol. The molecule has 1 aromatic rings. The number of primary amides is 1.